The molecule has 0 aromatic heterocycles. The van der Waals surface area contributed by atoms with E-state index < -0.39 is 11.8 Å². The van der Waals surface area contributed by atoms with Gasteiger partial charge < -0.3 is 0 Å². The van der Waals surface area contributed by atoms with Gasteiger partial charge in [0.2, 0.25) is 0 Å². The molecule has 0 bridgehead atoms. The van der Waals surface area contributed by atoms with Crippen LogP contribution in [0.15, 0.2) is 53.4 Å². The van der Waals surface area contributed by atoms with E-state index in [4.69, 9.17) is 23.8 Å². The Hall–Kier alpha value is -1.22. The maximum absolute atomic E-state index is 12.7. The van der Waals surface area contributed by atoms with Crippen molar-refractivity contribution in [1.82, 2.24) is 4.90 Å². The fraction of sp³-hybridized carbons (Fsp3) is 0. The van der Waals surface area contributed by atoms with Crippen LogP contribution in [0, 0.1) is 3.57 Å². The first-order chi connectivity index (χ1) is 11.5. The number of thiocarbonyl (C=S) groups is 1. The van der Waals surface area contributed by atoms with Crippen LogP contribution in [-0.2, 0) is 4.79 Å². The average molecular weight is 486 g/mol. The molecule has 0 saturated carbocycles. The lowest BCUT2D eigenvalue weighted by Crippen LogP contribution is -2.35. The van der Waals surface area contributed by atoms with Crippen LogP contribution in [0.25, 0.3) is 6.08 Å². The molecule has 0 unspecified atom stereocenters. The van der Waals surface area contributed by atoms with E-state index in [-0.39, 0.29) is 4.32 Å². The van der Waals surface area contributed by atoms with Crippen molar-refractivity contribution in [2.24, 2.45) is 0 Å². The summed E-state index contributed by atoms with van der Waals surface area (Å²) in [5.74, 6) is -0.799. The first-order valence-corrected chi connectivity index (χ1v) is 9.48. The zero-order valence-corrected chi connectivity index (χ0v) is 16.6. The lowest BCUT2D eigenvalue weighted by molar-refractivity contribution is -0.120. The number of carbonyl (C=O) groups excluding carboxylic acids is 2. The van der Waals surface area contributed by atoms with Crippen LogP contribution >= 0.6 is 58.2 Å². The van der Waals surface area contributed by atoms with E-state index >= 15 is 0 Å². The van der Waals surface area contributed by atoms with Gasteiger partial charge in [0.15, 0.2) is 4.32 Å². The van der Waals surface area contributed by atoms with E-state index in [2.05, 4.69) is 22.6 Å². The average Bonchev–Trinajstić information content (AvgIpc) is 2.83. The van der Waals surface area contributed by atoms with Crippen molar-refractivity contribution in [2.75, 3.05) is 0 Å². The standard InChI is InChI=1S/C17H9ClINO2S2/c18-11-7-5-10(6-8-11)9-14-16(22)20(17(23)24-14)15(21)12-3-1-2-4-13(12)19/h1-9H/b14-9+. The Labute approximate surface area is 167 Å². The van der Waals surface area contributed by atoms with Crippen molar-refractivity contribution in [1.29, 1.82) is 0 Å². The van der Waals surface area contributed by atoms with Crippen LogP contribution in [-0.4, -0.2) is 21.0 Å². The maximum Gasteiger partial charge on any atom is 0.273 e. The Morgan fingerprint density at radius 2 is 1.83 bits per heavy atom. The van der Waals surface area contributed by atoms with Gasteiger partial charge in [0.25, 0.3) is 11.8 Å². The number of halogens is 2. The molecule has 7 heteroatoms. The van der Waals surface area contributed by atoms with Gasteiger partial charge >= 0.3 is 0 Å². The molecule has 0 atom stereocenters. The summed E-state index contributed by atoms with van der Waals surface area (Å²) in [6.45, 7) is 0. The van der Waals surface area contributed by atoms with Gasteiger partial charge in [0, 0.05) is 8.59 Å². The summed E-state index contributed by atoms with van der Waals surface area (Å²) in [7, 11) is 0. The van der Waals surface area contributed by atoms with E-state index in [1.165, 1.54) is 0 Å². The first kappa shape index (κ1) is 17.6. The fourth-order valence-electron chi connectivity index (χ4n) is 2.11. The van der Waals surface area contributed by atoms with E-state index in [0.29, 0.717) is 15.5 Å². The number of thioether (sulfide) groups is 1. The molecule has 1 saturated heterocycles. The molecule has 24 heavy (non-hydrogen) atoms. The third-order valence-electron chi connectivity index (χ3n) is 3.27. The highest BCUT2D eigenvalue weighted by molar-refractivity contribution is 14.1. The zero-order chi connectivity index (χ0) is 17.3. The minimum Gasteiger partial charge on any atom is -0.268 e. The smallest absolute Gasteiger partial charge is 0.268 e. The van der Waals surface area contributed by atoms with Crippen LogP contribution in [0.2, 0.25) is 5.02 Å². The molecule has 2 amide bonds. The Balaban J connectivity index is 1.91. The molecule has 120 valence electrons. The minimum absolute atomic E-state index is 0.241. The summed E-state index contributed by atoms with van der Waals surface area (Å²) in [6, 6.07) is 14.2. The lowest BCUT2D eigenvalue weighted by Gasteiger charge is -2.13. The van der Waals surface area contributed by atoms with Crippen molar-refractivity contribution in [2.45, 2.75) is 0 Å². The van der Waals surface area contributed by atoms with Crippen molar-refractivity contribution in [3.63, 3.8) is 0 Å². The fourth-order valence-corrected chi connectivity index (χ4v) is 4.11. The molecule has 1 fully saturated rings. The third kappa shape index (κ3) is 3.56. The summed E-state index contributed by atoms with van der Waals surface area (Å²) in [4.78, 5) is 26.8. The molecule has 0 N–H and O–H groups in total. The SMILES string of the molecule is O=C1/C(=C\c2ccc(Cl)cc2)SC(=S)N1C(=O)c1ccccc1I. The number of imide groups is 1. The summed E-state index contributed by atoms with van der Waals surface area (Å²) < 4.78 is 1.01. The summed E-state index contributed by atoms with van der Waals surface area (Å²) in [5, 5.41) is 0.619. The number of carbonyl (C=O) groups is 2. The highest BCUT2D eigenvalue weighted by Crippen LogP contribution is 2.34. The van der Waals surface area contributed by atoms with E-state index in [0.717, 1.165) is 25.8 Å². The highest BCUT2D eigenvalue weighted by Gasteiger charge is 2.37. The largest absolute Gasteiger partial charge is 0.273 e. The molecule has 0 radical (unpaired) electrons. The first-order valence-electron chi connectivity index (χ1n) is 6.80. The highest BCUT2D eigenvalue weighted by atomic mass is 127. The quantitative estimate of drug-likeness (QED) is 0.260. The van der Waals surface area contributed by atoms with Gasteiger partial charge in [-0.05, 0) is 58.5 Å². The second-order valence-electron chi connectivity index (χ2n) is 4.85. The molecule has 2 aromatic rings. The Morgan fingerprint density at radius 1 is 1.17 bits per heavy atom. The topological polar surface area (TPSA) is 37.4 Å². The number of nitrogens with zero attached hydrogens (tertiary/aromatic N) is 1. The number of amides is 2. The summed E-state index contributed by atoms with van der Waals surface area (Å²) in [5.41, 5.74) is 1.28. The van der Waals surface area contributed by atoms with E-state index in [1.54, 1.807) is 42.5 Å². The number of rotatable bonds is 2. The maximum atomic E-state index is 12.7. The van der Waals surface area contributed by atoms with Gasteiger partial charge in [-0.3, -0.25) is 9.59 Å². The van der Waals surface area contributed by atoms with Gasteiger partial charge in [-0.1, -0.05) is 59.8 Å². The van der Waals surface area contributed by atoms with Gasteiger partial charge in [0.1, 0.15) is 0 Å². The number of benzene rings is 2. The molecule has 3 rings (SSSR count). The monoisotopic (exact) mass is 485 g/mol. The summed E-state index contributed by atoms with van der Waals surface area (Å²) in [6.07, 6.45) is 1.71. The third-order valence-corrected chi connectivity index (χ3v) is 5.76. The van der Waals surface area contributed by atoms with Crippen LogP contribution in [0.3, 0.4) is 0 Å². The lowest BCUT2D eigenvalue weighted by atomic mass is 10.2. The van der Waals surface area contributed by atoms with Gasteiger partial charge in [-0.15, -0.1) is 0 Å². The van der Waals surface area contributed by atoms with Crippen molar-refractivity contribution >= 4 is 80.4 Å². The van der Waals surface area contributed by atoms with Crippen molar-refractivity contribution in [3.8, 4) is 0 Å². The molecule has 2 aromatic carbocycles. The summed E-state index contributed by atoms with van der Waals surface area (Å²) >= 11 is 14.3. The second kappa shape index (κ2) is 7.35. The molecule has 0 spiro atoms. The predicted octanol–water partition coefficient (Wildman–Crippen LogP) is 4.99. The van der Waals surface area contributed by atoms with E-state index in [1.807, 2.05) is 12.1 Å². The number of hydrogen-bond acceptors (Lipinski definition) is 4. The van der Waals surface area contributed by atoms with Crippen LogP contribution in [0.4, 0.5) is 0 Å². The van der Waals surface area contributed by atoms with Crippen LogP contribution in [0.1, 0.15) is 15.9 Å². The van der Waals surface area contributed by atoms with Crippen molar-refractivity contribution in [3.05, 3.63) is 73.2 Å². The molecule has 0 aliphatic carbocycles. The van der Waals surface area contributed by atoms with Crippen LogP contribution in [0.5, 0.6) is 0 Å². The molecular weight excluding hydrogens is 477 g/mol. The molecule has 1 heterocycles. The molecular formula is C17H9ClINO2S2. The van der Waals surface area contributed by atoms with E-state index in [9.17, 15) is 9.59 Å². The molecule has 1 aliphatic heterocycles. The predicted molar refractivity (Wildman–Crippen MR) is 110 cm³/mol. The molecule has 1 aliphatic rings. The zero-order valence-electron chi connectivity index (χ0n) is 12.0. The van der Waals surface area contributed by atoms with Gasteiger partial charge in [-0.2, -0.15) is 0 Å². The van der Waals surface area contributed by atoms with Crippen molar-refractivity contribution < 1.29 is 9.59 Å². The minimum atomic E-state index is -0.401. The normalized spacial score (nSPS) is 16.1. The van der Waals surface area contributed by atoms with Gasteiger partial charge in [-0.25, -0.2) is 4.90 Å². The molecule has 3 nitrogen and oxygen atoms in total. The number of hydrogen-bond donors (Lipinski definition) is 0. The second-order valence-corrected chi connectivity index (χ2v) is 8.13. The van der Waals surface area contributed by atoms with Crippen LogP contribution < -0.4 is 0 Å². The Morgan fingerprint density at radius 3 is 2.50 bits per heavy atom. The Kier molecular flexibility index (Phi) is 5.39. The van der Waals surface area contributed by atoms with Gasteiger partial charge in [0.05, 0.1) is 10.5 Å². The Bertz CT molecular complexity index is 880.